The van der Waals surface area contributed by atoms with Gasteiger partial charge in [0.1, 0.15) is 5.69 Å². The fraction of sp³-hybridized carbons (Fsp3) is 0.633. The molecule has 4 heterocycles. The Labute approximate surface area is 209 Å². The number of benzene rings is 1. The number of hydrogen-bond donors (Lipinski definition) is 0. The van der Waals surface area contributed by atoms with Gasteiger partial charge < -0.3 is 4.57 Å². The maximum atomic E-state index is 5.09. The highest BCUT2D eigenvalue weighted by molar-refractivity contribution is 5.80. The predicted molar refractivity (Wildman–Crippen MR) is 140 cm³/mol. The third-order valence-electron chi connectivity index (χ3n) is 9.75. The van der Waals surface area contributed by atoms with Crippen LogP contribution in [0.2, 0.25) is 0 Å². The molecule has 0 radical (unpaired) electrons. The molecule has 2 unspecified atom stereocenters. The maximum absolute atomic E-state index is 5.09. The van der Waals surface area contributed by atoms with Crippen molar-refractivity contribution in [1.82, 2.24) is 24.4 Å². The van der Waals surface area contributed by atoms with Gasteiger partial charge in [0, 0.05) is 30.4 Å². The predicted octanol–water partition coefficient (Wildman–Crippen LogP) is 6.72. The van der Waals surface area contributed by atoms with E-state index in [2.05, 4.69) is 38.7 Å². The van der Waals surface area contributed by atoms with E-state index >= 15 is 0 Å². The van der Waals surface area contributed by atoms with Crippen LogP contribution in [0.15, 0.2) is 36.7 Å². The molecule has 35 heavy (non-hydrogen) atoms. The van der Waals surface area contributed by atoms with Crippen LogP contribution in [0.25, 0.3) is 22.6 Å². The van der Waals surface area contributed by atoms with E-state index in [1.807, 2.05) is 19.3 Å². The molecule has 3 aromatic rings. The molecule has 184 valence electrons. The summed E-state index contributed by atoms with van der Waals surface area (Å²) in [5.41, 5.74) is 4.18. The van der Waals surface area contributed by atoms with Crippen molar-refractivity contribution >= 4 is 11.0 Å². The van der Waals surface area contributed by atoms with Crippen molar-refractivity contribution in [3.63, 3.8) is 0 Å². The molecule has 6 atom stereocenters. The topological polar surface area (TPSA) is 46.8 Å². The molecular formula is C30H39N5. The van der Waals surface area contributed by atoms with Crippen LogP contribution in [0.5, 0.6) is 0 Å². The summed E-state index contributed by atoms with van der Waals surface area (Å²) >= 11 is 0. The maximum Gasteiger partial charge on any atom is 0.161 e. The van der Waals surface area contributed by atoms with Gasteiger partial charge in [-0.05, 0) is 75.8 Å². The molecule has 2 aliphatic carbocycles. The van der Waals surface area contributed by atoms with Gasteiger partial charge in [-0.25, -0.2) is 9.97 Å². The second-order valence-electron chi connectivity index (χ2n) is 12.0. The molecule has 4 fully saturated rings. The monoisotopic (exact) mass is 469 g/mol. The van der Waals surface area contributed by atoms with Crippen LogP contribution in [-0.2, 0) is 0 Å². The van der Waals surface area contributed by atoms with E-state index in [1.165, 1.54) is 82.6 Å². The number of aryl methyl sites for hydroxylation is 1. The molecular weight excluding hydrogens is 430 g/mol. The molecule has 0 spiro atoms. The molecule has 5 nitrogen and oxygen atoms in total. The number of nitrogens with zero attached hydrogens (tertiary/aromatic N) is 5. The van der Waals surface area contributed by atoms with Gasteiger partial charge in [-0.2, -0.15) is 0 Å². The molecule has 7 rings (SSSR count). The largest absolute Gasteiger partial charge is 0.319 e. The summed E-state index contributed by atoms with van der Waals surface area (Å²) in [6, 6.07) is 11.4. The lowest BCUT2D eigenvalue weighted by molar-refractivity contribution is -0.0415. The van der Waals surface area contributed by atoms with Gasteiger partial charge in [0.15, 0.2) is 5.82 Å². The number of para-hydroxylation sites is 2. The SMILES string of the molecule is Cc1cnc(-c2nc3ccccc3n2C2C[C@H]3CCC[C@@H](C2)N3C2C[C@H]3CCCC[C@@H](C2)C3)cn1. The zero-order valence-electron chi connectivity index (χ0n) is 21.1. The van der Waals surface area contributed by atoms with Crippen LogP contribution in [0.4, 0.5) is 0 Å². The smallest absolute Gasteiger partial charge is 0.161 e. The number of fused-ring (bicyclic) bond motifs is 5. The fourth-order valence-electron chi connectivity index (χ4n) is 8.41. The quantitative estimate of drug-likeness (QED) is 0.427. The van der Waals surface area contributed by atoms with E-state index in [-0.39, 0.29) is 0 Å². The zero-order valence-corrected chi connectivity index (χ0v) is 21.1. The second kappa shape index (κ2) is 8.99. The normalized spacial score (nSPS) is 33.5. The van der Waals surface area contributed by atoms with Crippen molar-refractivity contribution in [1.29, 1.82) is 0 Å². The summed E-state index contributed by atoms with van der Waals surface area (Å²) in [5.74, 6) is 2.98. The van der Waals surface area contributed by atoms with Gasteiger partial charge in [0.25, 0.3) is 0 Å². The second-order valence-corrected chi connectivity index (χ2v) is 12.0. The van der Waals surface area contributed by atoms with Crippen LogP contribution in [0, 0.1) is 18.8 Å². The molecule has 4 bridgehead atoms. The van der Waals surface area contributed by atoms with Crippen LogP contribution >= 0.6 is 0 Å². The van der Waals surface area contributed by atoms with Gasteiger partial charge in [0.05, 0.1) is 22.9 Å². The lowest BCUT2D eigenvalue weighted by Gasteiger charge is -2.54. The van der Waals surface area contributed by atoms with Crippen molar-refractivity contribution in [3.05, 3.63) is 42.4 Å². The number of aromatic nitrogens is 4. The summed E-state index contributed by atoms with van der Waals surface area (Å²) in [5, 5.41) is 0. The molecule has 1 aromatic carbocycles. The Kier molecular flexibility index (Phi) is 5.64. The number of hydrogen-bond acceptors (Lipinski definition) is 4. The number of imidazole rings is 1. The lowest BCUT2D eigenvalue weighted by Crippen LogP contribution is -2.58. The van der Waals surface area contributed by atoms with Crippen LogP contribution in [0.3, 0.4) is 0 Å². The molecule has 0 amide bonds. The van der Waals surface area contributed by atoms with Gasteiger partial charge in [-0.3, -0.25) is 9.88 Å². The first-order chi connectivity index (χ1) is 17.2. The highest BCUT2D eigenvalue weighted by Gasteiger charge is 2.45. The first kappa shape index (κ1) is 22.0. The van der Waals surface area contributed by atoms with E-state index in [9.17, 15) is 0 Å². The van der Waals surface area contributed by atoms with E-state index < -0.39 is 0 Å². The average molecular weight is 470 g/mol. The molecule has 2 saturated heterocycles. The summed E-state index contributed by atoms with van der Waals surface area (Å²) in [4.78, 5) is 17.4. The van der Waals surface area contributed by atoms with Crippen molar-refractivity contribution < 1.29 is 0 Å². The third kappa shape index (κ3) is 4.00. The Bertz CT molecular complexity index is 1160. The van der Waals surface area contributed by atoms with E-state index in [0.717, 1.165) is 52.7 Å². The van der Waals surface area contributed by atoms with Gasteiger partial charge in [-0.15, -0.1) is 0 Å². The molecule has 4 aliphatic rings. The standard InChI is InChI=1S/C30H39N5/c1-20-18-32-28(19-31-20)30-33-27-11-4-5-12-29(27)35(30)26-16-23-9-6-10-24(17-26)34(23)25-14-21-7-2-3-8-22(13-21)15-25/h4-5,11-12,18-19,21-26H,2-3,6-10,13-17H2,1H3/t21-,22+,23-,24+,25?,26?. The van der Waals surface area contributed by atoms with E-state index in [1.54, 1.807) is 0 Å². The van der Waals surface area contributed by atoms with Gasteiger partial charge in [-0.1, -0.05) is 44.2 Å². The van der Waals surface area contributed by atoms with Crippen molar-refractivity contribution in [3.8, 4) is 11.5 Å². The van der Waals surface area contributed by atoms with Crippen LogP contribution < -0.4 is 0 Å². The molecule has 2 aromatic heterocycles. The lowest BCUT2D eigenvalue weighted by atomic mass is 9.73. The first-order valence-corrected chi connectivity index (χ1v) is 14.3. The first-order valence-electron chi connectivity index (χ1n) is 14.3. The van der Waals surface area contributed by atoms with Crippen molar-refractivity contribution in [2.45, 2.75) is 108 Å². The van der Waals surface area contributed by atoms with Gasteiger partial charge in [0.2, 0.25) is 0 Å². The fourth-order valence-corrected chi connectivity index (χ4v) is 8.41. The third-order valence-corrected chi connectivity index (χ3v) is 9.75. The Morgan fingerprint density at radius 2 is 1.46 bits per heavy atom. The number of rotatable bonds is 3. The average Bonchev–Trinajstić information content (AvgIpc) is 3.17. The molecule has 2 saturated carbocycles. The summed E-state index contributed by atoms with van der Waals surface area (Å²) < 4.78 is 2.54. The Morgan fingerprint density at radius 1 is 0.714 bits per heavy atom. The summed E-state index contributed by atoms with van der Waals surface area (Å²) in [6.45, 7) is 2.00. The summed E-state index contributed by atoms with van der Waals surface area (Å²) in [6.07, 6.45) is 20.8. The van der Waals surface area contributed by atoms with Crippen molar-refractivity contribution in [2.24, 2.45) is 11.8 Å². The molecule has 0 N–H and O–H groups in total. The minimum absolute atomic E-state index is 0.484. The highest BCUT2D eigenvalue weighted by Crippen LogP contribution is 2.47. The highest BCUT2D eigenvalue weighted by atomic mass is 15.3. The van der Waals surface area contributed by atoms with Crippen LogP contribution in [0.1, 0.15) is 88.8 Å². The molecule has 5 heteroatoms. The van der Waals surface area contributed by atoms with Gasteiger partial charge >= 0.3 is 0 Å². The Morgan fingerprint density at radius 3 is 2.17 bits per heavy atom. The zero-order chi connectivity index (χ0) is 23.4. The number of piperidine rings is 2. The van der Waals surface area contributed by atoms with E-state index in [0.29, 0.717) is 6.04 Å². The Balaban J connectivity index is 1.22. The minimum atomic E-state index is 0.484. The van der Waals surface area contributed by atoms with E-state index in [4.69, 9.17) is 9.97 Å². The minimum Gasteiger partial charge on any atom is -0.319 e. The van der Waals surface area contributed by atoms with Crippen molar-refractivity contribution in [2.75, 3.05) is 0 Å². The summed E-state index contributed by atoms with van der Waals surface area (Å²) in [7, 11) is 0. The molecule has 2 aliphatic heterocycles. The van der Waals surface area contributed by atoms with Crippen LogP contribution in [-0.4, -0.2) is 42.5 Å². The Hall–Kier alpha value is -2.27.